The second-order valence-electron chi connectivity index (χ2n) is 2.34. The van der Waals surface area contributed by atoms with Crippen molar-refractivity contribution in [1.82, 2.24) is 0 Å². The first-order chi connectivity index (χ1) is 6.16. The lowest BCUT2D eigenvalue weighted by molar-refractivity contribution is 0.343. The summed E-state index contributed by atoms with van der Waals surface area (Å²) in [4.78, 5) is 0. The van der Waals surface area contributed by atoms with Gasteiger partial charge in [-0.1, -0.05) is 23.8 Å². The Morgan fingerprint density at radius 1 is 1.31 bits per heavy atom. The number of halogens is 3. The number of rotatable bonds is 2. The zero-order valence-corrected chi connectivity index (χ0v) is 7.35. The van der Waals surface area contributed by atoms with Gasteiger partial charge in [0.05, 0.1) is 11.6 Å². The molecule has 0 aromatic heterocycles. The summed E-state index contributed by atoms with van der Waals surface area (Å²) in [6, 6.07) is 1.94. The molecule has 0 radical (unpaired) electrons. The molecule has 0 heterocycles. The van der Waals surface area contributed by atoms with E-state index in [0.29, 0.717) is 0 Å². The average Bonchev–Trinajstić information content (AvgIpc) is 2.12. The molecule has 0 amide bonds. The topological polar surface area (TPSA) is 20.2 Å². The first-order valence-electron chi connectivity index (χ1n) is 3.57. The fourth-order valence-corrected chi connectivity index (χ4v) is 1.08. The van der Waals surface area contributed by atoms with Crippen molar-refractivity contribution in [1.29, 1.82) is 0 Å². The molecule has 1 aromatic rings. The van der Waals surface area contributed by atoms with Gasteiger partial charge in [0.15, 0.2) is 0 Å². The van der Waals surface area contributed by atoms with Crippen LogP contribution in [0.2, 0.25) is 5.02 Å². The Balaban J connectivity index is 3.17. The van der Waals surface area contributed by atoms with E-state index < -0.39 is 11.6 Å². The van der Waals surface area contributed by atoms with E-state index >= 15 is 0 Å². The van der Waals surface area contributed by atoms with E-state index in [2.05, 4.69) is 0 Å². The summed E-state index contributed by atoms with van der Waals surface area (Å²) >= 11 is 5.49. The fourth-order valence-electron chi connectivity index (χ4n) is 0.866. The van der Waals surface area contributed by atoms with Crippen LogP contribution in [0.15, 0.2) is 18.2 Å². The van der Waals surface area contributed by atoms with Crippen molar-refractivity contribution in [3.63, 3.8) is 0 Å². The van der Waals surface area contributed by atoms with Crippen LogP contribution in [0.25, 0.3) is 6.08 Å². The Hall–Kier alpha value is -0.930. The quantitative estimate of drug-likeness (QED) is 0.735. The van der Waals surface area contributed by atoms with Gasteiger partial charge < -0.3 is 5.11 Å². The van der Waals surface area contributed by atoms with Gasteiger partial charge in [0, 0.05) is 5.56 Å². The second kappa shape index (κ2) is 4.35. The van der Waals surface area contributed by atoms with E-state index in [1.54, 1.807) is 0 Å². The van der Waals surface area contributed by atoms with Crippen LogP contribution in [-0.4, -0.2) is 11.7 Å². The van der Waals surface area contributed by atoms with Gasteiger partial charge in [-0.25, -0.2) is 8.78 Å². The highest BCUT2D eigenvalue weighted by molar-refractivity contribution is 6.32. The minimum atomic E-state index is -0.680. The SMILES string of the molecule is OCC=Cc1c(F)ccc(F)c1Cl. The highest BCUT2D eigenvalue weighted by Gasteiger charge is 2.08. The molecule has 0 atom stereocenters. The van der Waals surface area contributed by atoms with Gasteiger partial charge in [0.1, 0.15) is 11.6 Å². The van der Waals surface area contributed by atoms with Crippen molar-refractivity contribution in [3.8, 4) is 0 Å². The van der Waals surface area contributed by atoms with Gasteiger partial charge in [0.2, 0.25) is 0 Å². The molecule has 0 aliphatic heterocycles. The molecule has 0 aliphatic rings. The first-order valence-corrected chi connectivity index (χ1v) is 3.95. The van der Waals surface area contributed by atoms with Crippen LogP contribution in [-0.2, 0) is 0 Å². The number of hydrogen-bond acceptors (Lipinski definition) is 1. The summed E-state index contributed by atoms with van der Waals surface area (Å²) in [6.07, 6.45) is 2.52. The highest BCUT2D eigenvalue weighted by atomic mass is 35.5. The maximum absolute atomic E-state index is 13.0. The summed E-state index contributed by atoms with van der Waals surface area (Å²) in [7, 11) is 0. The van der Waals surface area contributed by atoms with Crippen LogP contribution in [0.3, 0.4) is 0 Å². The van der Waals surface area contributed by atoms with Gasteiger partial charge >= 0.3 is 0 Å². The lowest BCUT2D eigenvalue weighted by Crippen LogP contribution is -1.88. The Morgan fingerprint density at radius 2 is 1.92 bits per heavy atom. The summed E-state index contributed by atoms with van der Waals surface area (Å²) in [5, 5.41) is 8.16. The summed E-state index contributed by atoms with van der Waals surface area (Å²) in [6.45, 7) is -0.244. The van der Waals surface area contributed by atoms with Crippen LogP contribution in [0.4, 0.5) is 8.78 Å². The highest BCUT2D eigenvalue weighted by Crippen LogP contribution is 2.23. The van der Waals surface area contributed by atoms with Crippen LogP contribution in [0.5, 0.6) is 0 Å². The van der Waals surface area contributed by atoms with Crippen molar-refractivity contribution in [2.75, 3.05) is 6.61 Å². The molecule has 1 N–H and O–H groups in total. The fraction of sp³-hybridized carbons (Fsp3) is 0.111. The number of aliphatic hydroxyl groups is 1. The molecular weight excluding hydrogens is 198 g/mol. The number of hydrogen-bond donors (Lipinski definition) is 1. The van der Waals surface area contributed by atoms with E-state index in [0.717, 1.165) is 12.1 Å². The summed E-state index contributed by atoms with van der Waals surface area (Å²) < 4.78 is 25.8. The van der Waals surface area contributed by atoms with E-state index in [9.17, 15) is 8.78 Å². The Bertz CT molecular complexity index is 337. The van der Waals surface area contributed by atoms with Crippen LogP contribution >= 0.6 is 11.6 Å². The van der Waals surface area contributed by atoms with Crippen LogP contribution in [0.1, 0.15) is 5.56 Å². The third-order valence-electron chi connectivity index (χ3n) is 1.47. The smallest absolute Gasteiger partial charge is 0.142 e. The maximum atomic E-state index is 13.0. The van der Waals surface area contributed by atoms with E-state index in [4.69, 9.17) is 16.7 Å². The van der Waals surface area contributed by atoms with Crippen LogP contribution in [0, 0.1) is 11.6 Å². The van der Waals surface area contributed by atoms with Gasteiger partial charge in [-0.15, -0.1) is 0 Å². The standard InChI is InChI=1S/C9H7ClF2O/c10-9-6(2-1-5-13)7(11)3-4-8(9)12/h1-4,13H,5H2. The van der Waals surface area contributed by atoms with E-state index in [-0.39, 0.29) is 17.2 Å². The van der Waals surface area contributed by atoms with Crippen molar-refractivity contribution in [2.24, 2.45) is 0 Å². The molecule has 1 aromatic carbocycles. The predicted molar refractivity (Wildman–Crippen MR) is 47.5 cm³/mol. The zero-order chi connectivity index (χ0) is 9.84. The van der Waals surface area contributed by atoms with Crippen molar-refractivity contribution < 1.29 is 13.9 Å². The summed E-state index contributed by atoms with van der Waals surface area (Å²) in [5.41, 5.74) is -0.0456. The minimum absolute atomic E-state index is 0.0456. The molecule has 0 bridgehead atoms. The number of aliphatic hydroxyl groups excluding tert-OH is 1. The monoisotopic (exact) mass is 204 g/mol. The molecule has 70 valence electrons. The van der Waals surface area contributed by atoms with Crippen molar-refractivity contribution >= 4 is 17.7 Å². The minimum Gasteiger partial charge on any atom is -0.392 e. The molecule has 13 heavy (non-hydrogen) atoms. The van der Waals surface area contributed by atoms with Crippen molar-refractivity contribution in [2.45, 2.75) is 0 Å². The molecule has 4 heteroatoms. The lowest BCUT2D eigenvalue weighted by atomic mass is 10.2. The Kier molecular flexibility index (Phi) is 3.39. The normalized spacial score (nSPS) is 11.1. The predicted octanol–water partition coefficient (Wildman–Crippen LogP) is 2.62. The van der Waals surface area contributed by atoms with Gasteiger partial charge in [0.25, 0.3) is 0 Å². The molecule has 0 saturated carbocycles. The summed E-state index contributed by atoms with van der Waals surface area (Å²) in [5.74, 6) is -1.29. The third-order valence-corrected chi connectivity index (χ3v) is 1.85. The molecule has 0 spiro atoms. The zero-order valence-electron chi connectivity index (χ0n) is 6.60. The van der Waals surface area contributed by atoms with Crippen molar-refractivity contribution in [3.05, 3.63) is 40.4 Å². The number of benzene rings is 1. The lowest BCUT2D eigenvalue weighted by Gasteiger charge is -2.00. The largest absolute Gasteiger partial charge is 0.392 e. The Labute approximate surface area is 79.3 Å². The van der Waals surface area contributed by atoms with E-state index in [1.165, 1.54) is 12.2 Å². The molecular formula is C9H7ClF2O. The molecule has 0 fully saturated rings. The molecule has 0 saturated heterocycles. The van der Waals surface area contributed by atoms with Gasteiger partial charge in [-0.2, -0.15) is 0 Å². The maximum Gasteiger partial charge on any atom is 0.142 e. The van der Waals surface area contributed by atoms with Gasteiger partial charge in [-0.3, -0.25) is 0 Å². The first kappa shape index (κ1) is 10.2. The Morgan fingerprint density at radius 3 is 2.54 bits per heavy atom. The molecule has 0 aliphatic carbocycles. The van der Waals surface area contributed by atoms with E-state index in [1.807, 2.05) is 0 Å². The molecule has 1 nitrogen and oxygen atoms in total. The van der Waals surface area contributed by atoms with Gasteiger partial charge in [-0.05, 0) is 12.1 Å². The molecule has 1 rings (SSSR count). The molecule has 0 unspecified atom stereocenters. The average molecular weight is 205 g/mol. The van der Waals surface area contributed by atoms with Crippen LogP contribution < -0.4 is 0 Å². The third kappa shape index (κ3) is 2.26. The second-order valence-corrected chi connectivity index (χ2v) is 2.72.